The largest absolute Gasteiger partial charge is 0.463 e. The Balaban J connectivity index is 4.40. The number of hydrogen-bond acceptors (Lipinski definition) is 2. The number of carbonyl (C=O) groups is 1. The van der Waals surface area contributed by atoms with Gasteiger partial charge in [0.1, 0.15) is 0 Å². The van der Waals surface area contributed by atoms with Crippen LogP contribution in [0.3, 0.4) is 0 Å². The van der Waals surface area contributed by atoms with Crippen molar-refractivity contribution in [2.24, 2.45) is 5.92 Å². The van der Waals surface area contributed by atoms with E-state index in [9.17, 15) is 4.79 Å². The number of esters is 1. The number of ether oxygens (including phenoxy) is 1. The number of allylic oxidation sites excluding steroid dienone is 5. The maximum Gasteiger partial charge on any atom is 0.330 e. The van der Waals surface area contributed by atoms with Crippen molar-refractivity contribution in [1.29, 1.82) is 0 Å². The molecule has 0 aliphatic carbocycles. The van der Waals surface area contributed by atoms with E-state index in [2.05, 4.69) is 40.7 Å². The van der Waals surface area contributed by atoms with Gasteiger partial charge < -0.3 is 4.74 Å². The monoisotopic (exact) mass is 292 g/mol. The molecular formula is C19H32O2. The summed E-state index contributed by atoms with van der Waals surface area (Å²) < 4.78 is 4.91. The SMILES string of the molecule is CCOC(=O)/C=C(C)/C=C(\C)CC(C)CCC(C)=C(C)C. The quantitative estimate of drug-likeness (QED) is 0.252. The fourth-order valence-corrected chi connectivity index (χ4v) is 2.22. The maximum atomic E-state index is 11.4. The van der Waals surface area contributed by atoms with Gasteiger partial charge in [-0.05, 0) is 72.3 Å². The second-order valence-electron chi connectivity index (χ2n) is 6.26. The Hall–Kier alpha value is -1.31. The standard InChI is InChI=1S/C19H32O2/c1-8-21-19(20)13-17(6)12-16(5)11-15(4)9-10-18(7)14(2)3/h12-13,15H,8-11H2,1-7H3/b16-12+,17-13+. The Bertz CT molecular complexity index is 421. The first-order valence-electron chi connectivity index (χ1n) is 7.91. The summed E-state index contributed by atoms with van der Waals surface area (Å²) in [4.78, 5) is 11.4. The topological polar surface area (TPSA) is 26.3 Å². The molecule has 0 fully saturated rings. The molecule has 2 heteroatoms. The third-order valence-electron chi connectivity index (χ3n) is 3.64. The molecule has 21 heavy (non-hydrogen) atoms. The molecule has 0 bridgehead atoms. The molecule has 0 aliphatic rings. The second-order valence-corrected chi connectivity index (χ2v) is 6.26. The van der Waals surface area contributed by atoms with Gasteiger partial charge in [-0.15, -0.1) is 0 Å². The van der Waals surface area contributed by atoms with Crippen LogP contribution in [0.15, 0.2) is 34.4 Å². The van der Waals surface area contributed by atoms with Gasteiger partial charge in [0.15, 0.2) is 0 Å². The predicted molar refractivity (Wildman–Crippen MR) is 91.2 cm³/mol. The third kappa shape index (κ3) is 10.1. The molecule has 120 valence electrons. The highest BCUT2D eigenvalue weighted by Crippen LogP contribution is 2.21. The highest BCUT2D eigenvalue weighted by Gasteiger charge is 2.05. The molecule has 0 N–H and O–H groups in total. The lowest BCUT2D eigenvalue weighted by atomic mass is 9.93. The lowest BCUT2D eigenvalue weighted by molar-refractivity contribution is -0.137. The normalized spacial score (nSPS) is 13.9. The van der Waals surface area contributed by atoms with Crippen molar-refractivity contribution < 1.29 is 9.53 Å². The molecule has 0 aromatic heterocycles. The van der Waals surface area contributed by atoms with Crippen LogP contribution in [-0.2, 0) is 9.53 Å². The van der Waals surface area contributed by atoms with E-state index >= 15 is 0 Å². The van der Waals surface area contributed by atoms with E-state index in [1.807, 2.05) is 13.8 Å². The molecule has 2 nitrogen and oxygen atoms in total. The van der Waals surface area contributed by atoms with Crippen molar-refractivity contribution in [2.75, 3.05) is 6.61 Å². The van der Waals surface area contributed by atoms with Crippen molar-refractivity contribution in [3.63, 3.8) is 0 Å². The lowest BCUT2D eigenvalue weighted by Gasteiger charge is -2.13. The molecule has 1 atom stereocenters. The zero-order chi connectivity index (χ0) is 16.4. The zero-order valence-electron chi connectivity index (χ0n) is 14.9. The highest BCUT2D eigenvalue weighted by molar-refractivity contribution is 5.83. The van der Waals surface area contributed by atoms with Crippen LogP contribution in [0.1, 0.15) is 67.7 Å². The average Bonchev–Trinajstić information content (AvgIpc) is 2.35. The molecule has 0 amide bonds. The van der Waals surface area contributed by atoms with Crippen molar-refractivity contribution in [2.45, 2.75) is 67.7 Å². The minimum atomic E-state index is -0.258. The van der Waals surface area contributed by atoms with E-state index in [0.717, 1.165) is 12.0 Å². The van der Waals surface area contributed by atoms with Crippen LogP contribution in [0.5, 0.6) is 0 Å². The summed E-state index contributed by atoms with van der Waals surface area (Å²) in [5.41, 5.74) is 5.21. The molecule has 0 radical (unpaired) electrons. The van der Waals surface area contributed by atoms with Crippen LogP contribution in [0.4, 0.5) is 0 Å². The Morgan fingerprint density at radius 1 is 1.10 bits per heavy atom. The predicted octanol–water partition coefficient (Wildman–Crippen LogP) is 5.60. The zero-order valence-corrected chi connectivity index (χ0v) is 14.9. The molecule has 0 aromatic rings. The Labute approximate surface area is 131 Å². The van der Waals surface area contributed by atoms with Gasteiger partial charge in [0.2, 0.25) is 0 Å². The van der Waals surface area contributed by atoms with Crippen LogP contribution in [0, 0.1) is 5.92 Å². The van der Waals surface area contributed by atoms with E-state index in [-0.39, 0.29) is 5.97 Å². The van der Waals surface area contributed by atoms with Gasteiger partial charge in [-0.1, -0.05) is 29.7 Å². The van der Waals surface area contributed by atoms with Gasteiger partial charge in [-0.3, -0.25) is 0 Å². The third-order valence-corrected chi connectivity index (χ3v) is 3.64. The fourth-order valence-electron chi connectivity index (χ4n) is 2.22. The second kappa shape index (κ2) is 10.4. The minimum Gasteiger partial charge on any atom is -0.463 e. The van der Waals surface area contributed by atoms with Crippen molar-refractivity contribution >= 4 is 5.97 Å². The Morgan fingerprint density at radius 3 is 2.24 bits per heavy atom. The van der Waals surface area contributed by atoms with Crippen LogP contribution in [0.25, 0.3) is 0 Å². The van der Waals surface area contributed by atoms with Crippen LogP contribution in [0.2, 0.25) is 0 Å². The van der Waals surface area contributed by atoms with Gasteiger partial charge in [0.05, 0.1) is 6.61 Å². The van der Waals surface area contributed by atoms with E-state index in [4.69, 9.17) is 4.74 Å². The number of carbonyl (C=O) groups excluding carboxylic acids is 1. The number of rotatable bonds is 8. The molecule has 0 saturated heterocycles. The molecule has 1 unspecified atom stereocenters. The van der Waals surface area contributed by atoms with Crippen molar-refractivity contribution in [3.8, 4) is 0 Å². The smallest absolute Gasteiger partial charge is 0.330 e. The molecule has 0 aliphatic heterocycles. The summed E-state index contributed by atoms with van der Waals surface area (Å²) in [6.45, 7) is 15.2. The van der Waals surface area contributed by atoms with Crippen LogP contribution < -0.4 is 0 Å². The highest BCUT2D eigenvalue weighted by atomic mass is 16.5. The van der Waals surface area contributed by atoms with Crippen molar-refractivity contribution in [1.82, 2.24) is 0 Å². The Kier molecular flexibility index (Phi) is 9.77. The van der Waals surface area contributed by atoms with Gasteiger partial charge in [-0.25, -0.2) is 4.79 Å². The van der Waals surface area contributed by atoms with E-state index in [1.54, 1.807) is 6.08 Å². The summed E-state index contributed by atoms with van der Waals surface area (Å²) in [6.07, 6.45) is 7.10. The number of hydrogen-bond donors (Lipinski definition) is 0. The molecule has 0 rings (SSSR count). The minimum absolute atomic E-state index is 0.258. The van der Waals surface area contributed by atoms with E-state index in [1.165, 1.54) is 29.6 Å². The summed E-state index contributed by atoms with van der Waals surface area (Å²) >= 11 is 0. The van der Waals surface area contributed by atoms with E-state index in [0.29, 0.717) is 12.5 Å². The maximum absolute atomic E-state index is 11.4. The first-order valence-corrected chi connectivity index (χ1v) is 7.91. The molecule has 0 saturated carbocycles. The summed E-state index contributed by atoms with van der Waals surface area (Å²) in [5.74, 6) is 0.400. The first-order chi connectivity index (χ1) is 9.76. The summed E-state index contributed by atoms with van der Waals surface area (Å²) in [7, 11) is 0. The van der Waals surface area contributed by atoms with E-state index < -0.39 is 0 Å². The molecular weight excluding hydrogens is 260 g/mol. The first kappa shape index (κ1) is 19.7. The van der Waals surface area contributed by atoms with Gasteiger partial charge in [0.25, 0.3) is 0 Å². The summed E-state index contributed by atoms with van der Waals surface area (Å²) in [6, 6.07) is 0. The Morgan fingerprint density at radius 2 is 1.71 bits per heavy atom. The summed E-state index contributed by atoms with van der Waals surface area (Å²) in [5, 5.41) is 0. The van der Waals surface area contributed by atoms with Gasteiger partial charge in [0, 0.05) is 6.08 Å². The van der Waals surface area contributed by atoms with Gasteiger partial charge >= 0.3 is 5.97 Å². The molecule has 0 spiro atoms. The fraction of sp³-hybridized carbons (Fsp3) is 0.632. The molecule has 0 aromatic carbocycles. The van der Waals surface area contributed by atoms with Crippen LogP contribution in [-0.4, -0.2) is 12.6 Å². The molecule has 0 heterocycles. The van der Waals surface area contributed by atoms with Crippen LogP contribution >= 0.6 is 0 Å². The van der Waals surface area contributed by atoms with Crippen molar-refractivity contribution in [3.05, 3.63) is 34.4 Å². The average molecular weight is 292 g/mol. The lowest BCUT2D eigenvalue weighted by Crippen LogP contribution is -2.00. The van der Waals surface area contributed by atoms with Gasteiger partial charge in [-0.2, -0.15) is 0 Å².